The summed E-state index contributed by atoms with van der Waals surface area (Å²) in [7, 11) is 0. The van der Waals surface area contributed by atoms with Gasteiger partial charge in [0.15, 0.2) is 0 Å². The van der Waals surface area contributed by atoms with Crippen molar-refractivity contribution in [2.24, 2.45) is 0 Å². The number of benzene rings is 1. The molecule has 0 fully saturated rings. The lowest BCUT2D eigenvalue weighted by Crippen LogP contribution is -2.23. The highest BCUT2D eigenvalue weighted by Crippen LogP contribution is 2.24. The highest BCUT2D eigenvalue weighted by atomic mass is 35.5. The molecule has 0 amide bonds. The Kier molecular flexibility index (Phi) is 4.20. The minimum absolute atomic E-state index is 0.253. The molecular formula is C10H14ClNO2. The molecule has 78 valence electrons. The molecule has 0 aliphatic carbocycles. The smallest absolute Gasteiger partial charge is 0.0942 e. The average molecular weight is 216 g/mol. The van der Waals surface area contributed by atoms with Gasteiger partial charge in [0.1, 0.15) is 0 Å². The first kappa shape index (κ1) is 11.3. The van der Waals surface area contributed by atoms with Gasteiger partial charge in [-0.2, -0.15) is 0 Å². The van der Waals surface area contributed by atoms with Crippen LogP contribution in [0.2, 0.25) is 5.02 Å². The predicted molar refractivity (Wildman–Crippen MR) is 57.8 cm³/mol. The molecule has 1 aromatic rings. The van der Waals surface area contributed by atoms with Crippen molar-refractivity contribution in [1.29, 1.82) is 0 Å². The van der Waals surface area contributed by atoms with Crippen LogP contribution in [0.3, 0.4) is 0 Å². The fourth-order valence-corrected chi connectivity index (χ4v) is 1.43. The summed E-state index contributed by atoms with van der Waals surface area (Å²) in [5.41, 5.74) is 1.82. The molecular weight excluding hydrogens is 202 g/mol. The molecule has 0 aliphatic heterocycles. The Morgan fingerprint density at radius 2 is 2.21 bits per heavy atom. The Hall–Kier alpha value is -0.770. The number of rotatable bonds is 4. The molecule has 0 aliphatic rings. The number of hydrogen-bond acceptors (Lipinski definition) is 3. The Morgan fingerprint density at radius 3 is 2.79 bits per heavy atom. The molecule has 0 bridgehead atoms. The van der Waals surface area contributed by atoms with Crippen LogP contribution in [0, 0.1) is 6.92 Å². The van der Waals surface area contributed by atoms with Crippen molar-refractivity contribution in [3.63, 3.8) is 0 Å². The lowest BCUT2D eigenvalue weighted by Gasteiger charge is -2.13. The summed E-state index contributed by atoms with van der Waals surface area (Å²) < 4.78 is 0. The summed E-state index contributed by atoms with van der Waals surface area (Å²) in [6.07, 6.45) is -0.759. The van der Waals surface area contributed by atoms with Gasteiger partial charge in [0.2, 0.25) is 0 Å². The van der Waals surface area contributed by atoms with Crippen LogP contribution in [-0.2, 0) is 0 Å². The van der Waals surface area contributed by atoms with Gasteiger partial charge in [0, 0.05) is 6.54 Å². The molecule has 0 aromatic heterocycles. The summed E-state index contributed by atoms with van der Waals surface area (Å²) in [5, 5.41) is 21.4. The van der Waals surface area contributed by atoms with Crippen LogP contribution in [0.5, 0.6) is 0 Å². The highest BCUT2D eigenvalue weighted by molar-refractivity contribution is 6.33. The third kappa shape index (κ3) is 2.87. The number of aliphatic hydroxyl groups excluding tert-OH is 2. The minimum Gasteiger partial charge on any atom is -0.394 e. The standard InChI is InChI=1S/C10H14ClNO2/c1-7-3-2-4-9(11)10(7)12-5-8(14)6-13/h2-4,8,12-14H,5-6H2,1H3. The molecule has 4 heteroatoms. The van der Waals surface area contributed by atoms with Crippen molar-refractivity contribution in [2.45, 2.75) is 13.0 Å². The SMILES string of the molecule is Cc1cccc(Cl)c1NCC(O)CO. The van der Waals surface area contributed by atoms with E-state index < -0.39 is 6.10 Å². The molecule has 14 heavy (non-hydrogen) atoms. The molecule has 0 heterocycles. The first-order chi connectivity index (χ1) is 6.65. The number of hydrogen-bond donors (Lipinski definition) is 3. The third-order valence-electron chi connectivity index (χ3n) is 1.95. The summed E-state index contributed by atoms with van der Waals surface area (Å²) in [5.74, 6) is 0. The fourth-order valence-electron chi connectivity index (χ4n) is 1.14. The Labute approximate surface area is 88.3 Å². The van der Waals surface area contributed by atoms with Gasteiger partial charge in [0.25, 0.3) is 0 Å². The van der Waals surface area contributed by atoms with Crippen LogP contribution >= 0.6 is 11.6 Å². The van der Waals surface area contributed by atoms with E-state index in [1.54, 1.807) is 6.07 Å². The third-order valence-corrected chi connectivity index (χ3v) is 2.26. The largest absolute Gasteiger partial charge is 0.394 e. The maximum atomic E-state index is 9.15. The molecule has 0 saturated heterocycles. The van der Waals surface area contributed by atoms with Gasteiger partial charge in [-0.15, -0.1) is 0 Å². The summed E-state index contributed by atoms with van der Waals surface area (Å²) in [6, 6.07) is 5.58. The van der Waals surface area contributed by atoms with Crippen molar-refractivity contribution in [1.82, 2.24) is 0 Å². The van der Waals surface area contributed by atoms with Crippen molar-refractivity contribution >= 4 is 17.3 Å². The van der Waals surface area contributed by atoms with E-state index in [0.717, 1.165) is 11.3 Å². The van der Waals surface area contributed by atoms with E-state index in [4.69, 9.17) is 21.8 Å². The van der Waals surface area contributed by atoms with Crippen molar-refractivity contribution in [3.05, 3.63) is 28.8 Å². The summed E-state index contributed by atoms with van der Waals surface area (Å²) >= 11 is 5.95. The average Bonchev–Trinajstić information content (AvgIpc) is 2.16. The number of para-hydroxylation sites is 1. The molecule has 3 nitrogen and oxygen atoms in total. The molecule has 1 unspecified atom stereocenters. The molecule has 0 spiro atoms. The quantitative estimate of drug-likeness (QED) is 0.712. The van der Waals surface area contributed by atoms with Crippen LogP contribution < -0.4 is 5.32 Å². The number of halogens is 1. The number of aliphatic hydroxyl groups is 2. The molecule has 1 rings (SSSR count). The zero-order chi connectivity index (χ0) is 10.6. The Morgan fingerprint density at radius 1 is 1.50 bits per heavy atom. The van der Waals surface area contributed by atoms with E-state index in [1.165, 1.54) is 0 Å². The lowest BCUT2D eigenvalue weighted by molar-refractivity contribution is 0.105. The first-order valence-corrected chi connectivity index (χ1v) is 4.81. The topological polar surface area (TPSA) is 52.5 Å². The van der Waals surface area contributed by atoms with Crippen LogP contribution in [0.15, 0.2) is 18.2 Å². The van der Waals surface area contributed by atoms with Gasteiger partial charge in [-0.05, 0) is 18.6 Å². The van der Waals surface area contributed by atoms with E-state index in [1.807, 2.05) is 19.1 Å². The van der Waals surface area contributed by atoms with Gasteiger partial charge in [0.05, 0.1) is 23.4 Å². The van der Waals surface area contributed by atoms with E-state index in [0.29, 0.717) is 11.6 Å². The van der Waals surface area contributed by atoms with Crippen LogP contribution in [0.1, 0.15) is 5.56 Å². The predicted octanol–water partition coefficient (Wildman–Crippen LogP) is 1.41. The van der Waals surface area contributed by atoms with Crippen molar-refractivity contribution in [2.75, 3.05) is 18.5 Å². The summed E-state index contributed by atoms with van der Waals surface area (Å²) in [6.45, 7) is 1.97. The second-order valence-corrected chi connectivity index (χ2v) is 3.56. The minimum atomic E-state index is -0.759. The zero-order valence-corrected chi connectivity index (χ0v) is 8.75. The van der Waals surface area contributed by atoms with E-state index >= 15 is 0 Å². The molecule has 1 aromatic carbocycles. The van der Waals surface area contributed by atoms with Crippen LogP contribution in [-0.4, -0.2) is 29.5 Å². The van der Waals surface area contributed by atoms with Crippen LogP contribution in [0.4, 0.5) is 5.69 Å². The number of nitrogens with one attached hydrogen (secondary N) is 1. The lowest BCUT2D eigenvalue weighted by atomic mass is 10.2. The Balaban J connectivity index is 2.66. The molecule has 0 radical (unpaired) electrons. The summed E-state index contributed by atoms with van der Waals surface area (Å²) in [4.78, 5) is 0. The normalized spacial score (nSPS) is 12.6. The van der Waals surface area contributed by atoms with E-state index in [9.17, 15) is 0 Å². The highest BCUT2D eigenvalue weighted by Gasteiger charge is 2.05. The number of aryl methyl sites for hydroxylation is 1. The second kappa shape index (κ2) is 5.20. The van der Waals surface area contributed by atoms with Crippen molar-refractivity contribution in [3.8, 4) is 0 Å². The Bertz CT molecular complexity index is 284. The van der Waals surface area contributed by atoms with Gasteiger partial charge in [-0.3, -0.25) is 0 Å². The van der Waals surface area contributed by atoms with Gasteiger partial charge in [-0.25, -0.2) is 0 Å². The first-order valence-electron chi connectivity index (χ1n) is 4.43. The zero-order valence-electron chi connectivity index (χ0n) is 8.00. The maximum absolute atomic E-state index is 9.15. The monoisotopic (exact) mass is 215 g/mol. The fraction of sp³-hybridized carbons (Fsp3) is 0.400. The molecule has 0 saturated carbocycles. The molecule has 1 atom stereocenters. The van der Waals surface area contributed by atoms with Gasteiger partial charge in [-0.1, -0.05) is 23.7 Å². The van der Waals surface area contributed by atoms with E-state index in [-0.39, 0.29) is 6.61 Å². The van der Waals surface area contributed by atoms with Crippen molar-refractivity contribution < 1.29 is 10.2 Å². The number of anilines is 1. The second-order valence-electron chi connectivity index (χ2n) is 3.15. The van der Waals surface area contributed by atoms with Crippen LogP contribution in [0.25, 0.3) is 0 Å². The van der Waals surface area contributed by atoms with Gasteiger partial charge >= 0.3 is 0 Å². The maximum Gasteiger partial charge on any atom is 0.0942 e. The van der Waals surface area contributed by atoms with Gasteiger partial charge < -0.3 is 15.5 Å². The molecule has 3 N–H and O–H groups in total. The van der Waals surface area contributed by atoms with E-state index in [2.05, 4.69) is 5.32 Å².